The molecule has 3 aliphatic rings. The van der Waals surface area contributed by atoms with Gasteiger partial charge in [-0.05, 0) is 125 Å². The van der Waals surface area contributed by atoms with Crippen LogP contribution in [0.2, 0.25) is 22.2 Å². The summed E-state index contributed by atoms with van der Waals surface area (Å²) >= 11 is 6.91. The van der Waals surface area contributed by atoms with Gasteiger partial charge in [-0.25, -0.2) is 0 Å². The summed E-state index contributed by atoms with van der Waals surface area (Å²) in [4.78, 5) is 8.17. The van der Waals surface area contributed by atoms with E-state index >= 15 is 0 Å². The summed E-state index contributed by atoms with van der Waals surface area (Å²) < 4.78 is 8.73. The third kappa shape index (κ3) is 8.87. The minimum absolute atomic E-state index is 0.123. The van der Waals surface area contributed by atoms with Crippen molar-refractivity contribution in [3.63, 3.8) is 0 Å². The number of aromatic hydroxyl groups is 2. The summed E-state index contributed by atoms with van der Waals surface area (Å²) in [7, 11) is -5.91. The molecule has 61 heavy (non-hydrogen) atoms. The van der Waals surface area contributed by atoms with E-state index in [9.17, 15) is 10.2 Å². The van der Waals surface area contributed by atoms with Crippen molar-refractivity contribution in [2.45, 2.75) is 221 Å². The summed E-state index contributed by atoms with van der Waals surface area (Å²) in [5, 5.41) is 28.0. The summed E-state index contributed by atoms with van der Waals surface area (Å²) in [6.45, 7) is 46.8. The van der Waals surface area contributed by atoms with Crippen LogP contribution in [0, 0.1) is 0 Å². The molecule has 0 fully saturated rings. The third-order valence-electron chi connectivity index (χ3n) is 13.1. The lowest BCUT2D eigenvalue weighted by molar-refractivity contribution is 0.444. The molecule has 0 amide bonds. The van der Waals surface area contributed by atoms with Crippen molar-refractivity contribution in [3.05, 3.63) is 70.8 Å². The first-order valence-electron chi connectivity index (χ1n) is 22.4. The van der Waals surface area contributed by atoms with Gasteiger partial charge in [-0.2, -0.15) is 0 Å². The molecule has 0 saturated heterocycles. The van der Waals surface area contributed by atoms with Crippen molar-refractivity contribution in [2.75, 3.05) is 0 Å². The molecule has 0 unspecified atom stereocenters. The first kappa shape index (κ1) is 48.7. The Labute approximate surface area is 389 Å². The van der Waals surface area contributed by atoms with Crippen LogP contribution in [0.3, 0.4) is 0 Å². The number of hydrogen-bond acceptors (Lipinski definition) is 7. The largest absolute Gasteiger partial charge is 0.506 e. The zero-order valence-electron chi connectivity index (χ0n) is 40.9. The minimum Gasteiger partial charge on any atom is -0.506 e. The Bertz CT molecular complexity index is 2160. The van der Waals surface area contributed by atoms with Gasteiger partial charge >= 0.3 is 0 Å². The number of benzene rings is 4. The van der Waals surface area contributed by atoms with Crippen LogP contribution in [-0.2, 0) is 25.8 Å². The van der Waals surface area contributed by atoms with E-state index < -0.39 is 16.6 Å². The molecule has 0 radical (unpaired) electrons. The summed E-state index contributed by atoms with van der Waals surface area (Å²) in [5.74, 6) is 0.520. The molecule has 2 N–H and O–H groups in total. The van der Waals surface area contributed by atoms with Crippen molar-refractivity contribution in [1.82, 2.24) is 0 Å². The van der Waals surface area contributed by atoms with Crippen LogP contribution < -0.4 is 10.4 Å². The molecule has 3 nitrogen and oxygen atoms in total. The smallest absolute Gasteiger partial charge is 0.219 e. The summed E-state index contributed by atoms with van der Waals surface area (Å²) in [6, 6.07) is 18.6. The average Bonchev–Trinajstić information content (AvgIpc) is 3.09. The van der Waals surface area contributed by atoms with E-state index in [1.165, 1.54) is 52.8 Å². The van der Waals surface area contributed by atoms with Gasteiger partial charge in [-0.1, -0.05) is 186 Å². The van der Waals surface area contributed by atoms with E-state index in [2.05, 4.69) is 187 Å². The van der Waals surface area contributed by atoms with Crippen molar-refractivity contribution in [3.8, 4) is 11.5 Å². The second kappa shape index (κ2) is 16.6. The molecule has 3 heterocycles. The molecular weight excluding hydrogens is 857 g/mol. The quantitative estimate of drug-likeness (QED) is 0.174. The van der Waals surface area contributed by atoms with Gasteiger partial charge in [0.1, 0.15) is 11.5 Å². The Morgan fingerprint density at radius 2 is 0.541 bits per heavy atom. The topological polar surface area (TPSA) is 49.7 Å². The third-order valence-corrected chi connectivity index (χ3v) is 30.3. The Morgan fingerprint density at radius 3 is 0.738 bits per heavy atom. The Hall–Kier alpha value is -1.73. The van der Waals surface area contributed by atoms with E-state index in [0.29, 0.717) is 0 Å². The summed E-state index contributed by atoms with van der Waals surface area (Å²) in [5.41, 5.74) is 5.29. The monoisotopic (exact) mass is 930 g/mol. The van der Waals surface area contributed by atoms with Gasteiger partial charge in [0.25, 0.3) is 0 Å². The Kier molecular flexibility index (Phi) is 13.3. The minimum atomic E-state index is -2.96. The molecule has 7 rings (SSSR count). The highest BCUT2D eigenvalue weighted by Crippen LogP contribution is 2.55. The van der Waals surface area contributed by atoms with Crippen LogP contribution in [-0.4, -0.2) is 26.8 Å². The normalized spacial score (nSPS) is 16.9. The fraction of sp³-hybridized carbons (Fsp3) is 0.538. The van der Waals surface area contributed by atoms with Gasteiger partial charge in [0.2, 0.25) is 16.6 Å². The fourth-order valence-corrected chi connectivity index (χ4v) is 29.8. The predicted octanol–water partition coefficient (Wildman–Crippen LogP) is 16.2. The number of phenols is 2. The molecule has 0 atom stereocenters. The molecule has 0 aliphatic carbocycles. The molecular formula is C52H74O3S4Si2. The maximum atomic E-state index is 12.6. The van der Waals surface area contributed by atoms with Crippen LogP contribution in [0.4, 0.5) is 0 Å². The second-order valence-electron chi connectivity index (χ2n) is 23.1. The zero-order chi connectivity index (χ0) is 45.7. The van der Waals surface area contributed by atoms with Gasteiger partial charge in [-0.3, -0.25) is 0 Å². The molecule has 9 heteroatoms. The number of fused-ring (bicyclic) bond motifs is 2. The van der Waals surface area contributed by atoms with Crippen LogP contribution in [0.15, 0.2) is 87.7 Å². The van der Waals surface area contributed by atoms with Gasteiger partial charge in [0.15, 0.2) is 0 Å². The first-order valence-corrected chi connectivity index (χ1v) is 29.8. The molecule has 10 bridgehead atoms. The second-order valence-corrected chi connectivity index (χ2v) is 37.0. The van der Waals surface area contributed by atoms with Crippen LogP contribution in [0.1, 0.15) is 161 Å². The number of phenolic OH excluding ortho intramolecular Hbond substituents is 2. The van der Waals surface area contributed by atoms with Gasteiger partial charge < -0.3 is 14.3 Å². The van der Waals surface area contributed by atoms with E-state index in [1.54, 1.807) is 23.5 Å². The molecule has 4 aromatic rings. The van der Waals surface area contributed by atoms with Crippen molar-refractivity contribution >= 4 is 74.1 Å². The lowest BCUT2D eigenvalue weighted by atomic mass is 9.87. The maximum absolute atomic E-state index is 12.6. The molecule has 0 aromatic heterocycles. The van der Waals surface area contributed by atoms with E-state index in [4.69, 9.17) is 4.12 Å². The molecule has 0 spiro atoms. The van der Waals surface area contributed by atoms with Crippen LogP contribution >= 0.6 is 47.0 Å². The molecule has 4 aromatic carbocycles. The average molecular weight is 932 g/mol. The Balaban J connectivity index is 1.95. The number of hydrogen-bond donors (Lipinski definition) is 2. The lowest BCUT2D eigenvalue weighted by Gasteiger charge is -2.53. The van der Waals surface area contributed by atoms with E-state index in [0.717, 1.165) is 30.7 Å². The van der Waals surface area contributed by atoms with Crippen LogP contribution in [0.5, 0.6) is 11.5 Å². The van der Waals surface area contributed by atoms with E-state index in [1.807, 2.05) is 11.8 Å². The highest BCUT2D eigenvalue weighted by molar-refractivity contribution is 8.02. The van der Waals surface area contributed by atoms with Crippen LogP contribution in [0.25, 0.3) is 0 Å². The molecule has 3 aliphatic heterocycles. The predicted molar refractivity (Wildman–Crippen MR) is 273 cm³/mol. The van der Waals surface area contributed by atoms with E-state index in [-0.39, 0.29) is 55.3 Å². The highest BCUT2D eigenvalue weighted by atomic mass is 32.2. The number of rotatable bonds is 4. The van der Waals surface area contributed by atoms with Gasteiger partial charge in [0.05, 0.1) is 19.6 Å². The fourth-order valence-electron chi connectivity index (χ4n) is 9.29. The maximum Gasteiger partial charge on any atom is 0.219 e. The standard InChI is InChI=1S/C52H74O3S4Si2/c1-29(2)60(30(3)4)47-41-25-35(51(15,16)17)27-43(47)59-44-28-36(52(18,19)20)26-42(48(44)61(55-60,31(5)6)32(7)8)58-40-24-34(50(12,13)14)22-38(46(40)54)56-37-21-33(49(9,10)11)23-39(57-41)45(37)53/h21-32,53-54H,1-20H3. The zero-order valence-corrected chi connectivity index (χ0v) is 46.1. The van der Waals surface area contributed by atoms with Gasteiger partial charge in [-0.15, -0.1) is 0 Å². The van der Waals surface area contributed by atoms with Crippen molar-refractivity contribution in [1.29, 1.82) is 0 Å². The first-order chi connectivity index (χ1) is 27.8. The highest BCUT2D eigenvalue weighted by Gasteiger charge is 2.58. The summed E-state index contributed by atoms with van der Waals surface area (Å²) in [6.07, 6.45) is 0. The molecule has 0 saturated carbocycles. The Morgan fingerprint density at radius 1 is 0.361 bits per heavy atom. The van der Waals surface area contributed by atoms with Crippen molar-refractivity contribution in [2.24, 2.45) is 0 Å². The molecule has 332 valence electrons. The lowest BCUT2D eigenvalue weighted by Crippen LogP contribution is -2.70. The van der Waals surface area contributed by atoms with Crippen molar-refractivity contribution < 1.29 is 14.3 Å². The SMILES string of the molecule is CC(C)[Si]1(C(C)C)O[Si](C(C)C)(C(C)C)c2c3cc(C(C)(C)C)cc2Sc2cc(C(C)(C)C)cc(c21)Sc1cc(C(C)(C)C)cc(c1O)Sc1cc(C(C)(C)C)cc(c1O)S3. The van der Waals surface area contributed by atoms with Gasteiger partial charge in [0, 0.05) is 19.6 Å².